The Hall–Kier alpha value is -1.90. The number of sulfonamides is 1. The van der Waals surface area contributed by atoms with Gasteiger partial charge >= 0.3 is 5.97 Å². The third kappa shape index (κ3) is 6.05. The molecule has 0 aliphatic heterocycles. The fraction of sp³-hybridized carbons (Fsp3) is 0.474. The number of carbonyl (C=O) groups excluding carboxylic acids is 2. The first-order valence-electron chi connectivity index (χ1n) is 9.05. The van der Waals surface area contributed by atoms with Crippen molar-refractivity contribution in [1.29, 1.82) is 0 Å². The average Bonchev–Trinajstić information content (AvgIpc) is 2.67. The Balaban J connectivity index is 1.90. The molecule has 1 aromatic carbocycles. The van der Waals surface area contributed by atoms with E-state index in [-0.39, 0.29) is 15.5 Å². The summed E-state index contributed by atoms with van der Waals surface area (Å²) in [4.78, 5) is 24.0. The summed E-state index contributed by atoms with van der Waals surface area (Å²) in [7, 11) is -0.952. The minimum Gasteiger partial charge on any atom is -0.452 e. The van der Waals surface area contributed by atoms with Crippen molar-refractivity contribution in [3.63, 3.8) is 0 Å². The van der Waals surface area contributed by atoms with Gasteiger partial charge in [0.1, 0.15) is 0 Å². The Morgan fingerprint density at radius 3 is 2.64 bits per heavy atom. The smallest absolute Gasteiger partial charge is 0.340 e. The summed E-state index contributed by atoms with van der Waals surface area (Å²) in [5, 5.41) is 2.76. The quantitative estimate of drug-likeness (QED) is 0.507. The molecule has 1 N–H and O–H groups in total. The van der Waals surface area contributed by atoms with Crippen molar-refractivity contribution >= 4 is 33.5 Å². The van der Waals surface area contributed by atoms with Crippen LogP contribution in [0.15, 0.2) is 34.7 Å². The number of hydrogen-bond donors (Lipinski definition) is 1. The molecule has 0 heterocycles. The first kappa shape index (κ1) is 22.4. The average molecular weight is 429 g/mol. The van der Waals surface area contributed by atoms with Crippen molar-refractivity contribution in [3.05, 3.63) is 40.4 Å². The molecule has 0 saturated heterocycles. The van der Waals surface area contributed by atoms with Crippen molar-refractivity contribution in [2.24, 2.45) is 0 Å². The summed E-state index contributed by atoms with van der Waals surface area (Å²) in [6.45, 7) is 0.0262. The normalized spacial score (nSPS) is 14.5. The van der Waals surface area contributed by atoms with E-state index in [0.29, 0.717) is 6.54 Å². The first-order chi connectivity index (χ1) is 13.2. The molecule has 2 rings (SSSR count). The summed E-state index contributed by atoms with van der Waals surface area (Å²) in [6.07, 6.45) is 7.55. The standard InChI is InChI=1S/C19H25ClN2O5S/c1-22(2)28(25,26)15-8-9-17(20)16(12-15)19(24)27-13-18(23)21-11-10-14-6-4-3-5-7-14/h6,8-9,12H,3-5,7,10-11,13H2,1-2H3,(H,21,23). The molecule has 0 unspecified atom stereocenters. The molecule has 0 atom stereocenters. The summed E-state index contributed by atoms with van der Waals surface area (Å²) >= 11 is 5.99. The molecule has 7 nitrogen and oxygen atoms in total. The van der Waals surface area contributed by atoms with E-state index >= 15 is 0 Å². The summed E-state index contributed by atoms with van der Waals surface area (Å²) < 4.78 is 30.4. The molecule has 0 aromatic heterocycles. The van der Waals surface area contributed by atoms with E-state index in [2.05, 4.69) is 11.4 Å². The van der Waals surface area contributed by atoms with Gasteiger partial charge in [0, 0.05) is 20.6 Å². The van der Waals surface area contributed by atoms with E-state index < -0.39 is 28.5 Å². The Morgan fingerprint density at radius 1 is 1.25 bits per heavy atom. The van der Waals surface area contributed by atoms with E-state index in [4.69, 9.17) is 16.3 Å². The zero-order valence-electron chi connectivity index (χ0n) is 16.0. The number of amides is 1. The summed E-state index contributed by atoms with van der Waals surface area (Å²) in [6, 6.07) is 3.76. The Kier molecular flexibility index (Phi) is 8.03. The lowest BCUT2D eigenvalue weighted by atomic mass is 9.97. The maximum atomic E-state index is 12.2. The number of rotatable bonds is 8. The van der Waals surface area contributed by atoms with Gasteiger partial charge in [0.05, 0.1) is 15.5 Å². The molecule has 1 aliphatic carbocycles. The molecule has 0 saturated carbocycles. The topological polar surface area (TPSA) is 92.8 Å². The van der Waals surface area contributed by atoms with Crippen LogP contribution in [0.25, 0.3) is 0 Å². The highest BCUT2D eigenvalue weighted by molar-refractivity contribution is 7.89. The van der Waals surface area contributed by atoms with Gasteiger partial charge in [0.15, 0.2) is 6.61 Å². The van der Waals surface area contributed by atoms with Crippen LogP contribution >= 0.6 is 11.6 Å². The van der Waals surface area contributed by atoms with E-state index in [1.165, 1.54) is 44.6 Å². The van der Waals surface area contributed by atoms with Gasteiger partial charge in [-0.15, -0.1) is 0 Å². The van der Waals surface area contributed by atoms with Gasteiger partial charge in [0.2, 0.25) is 10.0 Å². The largest absolute Gasteiger partial charge is 0.452 e. The fourth-order valence-corrected chi connectivity index (χ4v) is 3.91. The second-order valence-electron chi connectivity index (χ2n) is 6.71. The molecule has 154 valence electrons. The van der Waals surface area contributed by atoms with Crippen LogP contribution in [0.2, 0.25) is 5.02 Å². The van der Waals surface area contributed by atoms with Crippen LogP contribution in [0.1, 0.15) is 42.5 Å². The highest BCUT2D eigenvalue weighted by atomic mass is 35.5. The molecule has 1 aromatic rings. The van der Waals surface area contributed by atoms with Crippen molar-refractivity contribution in [2.75, 3.05) is 27.2 Å². The number of nitrogens with zero attached hydrogens (tertiary/aromatic N) is 1. The minimum absolute atomic E-state index is 0.0485. The lowest BCUT2D eigenvalue weighted by molar-refractivity contribution is -0.124. The van der Waals surface area contributed by atoms with Crippen molar-refractivity contribution in [1.82, 2.24) is 9.62 Å². The van der Waals surface area contributed by atoms with Crippen LogP contribution in [-0.4, -0.2) is 51.8 Å². The number of carbonyl (C=O) groups is 2. The molecular weight excluding hydrogens is 404 g/mol. The predicted octanol–water partition coefficient (Wildman–Crippen LogP) is 2.75. The lowest BCUT2D eigenvalue weighted by Crippen LogP contribution is -2.30. The minimum atomic E-state index is -3.72. The third-order valence-electron chi connectivity index (χ3n) is 4.42. The van der Waals surface area contributed by atoms with Crippen LogP contribution in [0, 0.1) is 0 Å². The van der Waals surface area contributed by atoms with Gasteiger partial charge in [-0.25, -0.2) is 17.5 Å². The number of nitrogens with one attached hydrogen (secondary N) is 1. The Bertz CT molecular complexity index is 865. The van der Waals surface area contributed by atoms with Crippen LogP contribution in [0.5, 0.6) is 0 Å². The summed E-state index contributed by atoms with van der Waals surface area (Å²) in [5.74, 6) is -1.27. The highest BCUT2D eigenvalue weighted by Gasteiger charge is 2.22. The zero-order chi connectivity index (χ0) is 20.7. The number of ether oxygens (including phenoxy) is 1. The number of benzene rings is 1. The maximum Gasteiger partial charge on any atom is 0.340 e. The van der Waals surface area contributed by atoms with Gasteiger partial charge in [-0.05, 0) is 50.3 Å². The van der Waals surface area contributed by atoms with Crippen LogP contribution in [0.4, 0.5) is 0 Å². The van der Waals surface area contributed by atoms with Gasteiger partial charge in [-0.1, -0.05) is 23.3 Å². The molecule has 0 radical (unpaired) electrons. The number of allylic oxidation sites excluding steroid dienone is 1. The maximum absolute atomic E-state index is 12.2. The van der Waals surface area contributed by atoms with Crippen molar-refractivity contribution in [2.45, 2.75) is 37.0 Å². The van der Waals surface area contributed by atoms with Crippen LogP contribution in [0.3, 0.4) is 0 Å². The SMILES string of the molecule is CN(C)S(=O)(=O)c1ccc(Cl)c(C(=O)OCC(=O)NCCC2=CCCCC2)c1. The number of hydrogen-bond acceptors (Lipinski definition) is 5. The predicted molar refractivity (Wildman–Crippen MR) is 107 cm³/mol. The molecule has 1 aliphatic rings. The monoisotopic (exact) mass is 428 g/mol. The van der Waals surface area contributed by atoms with Gasteiger partial charge in [0.25, 0.3) is 5.91 Å². The van der Waals surface area contributed by atoms with Crippen LogP contribution in [-0.2, 0) is 19.6 Å². The van der Waals surface area contributed by atoms with E-state index in [1.807, 2.05) is 0 Å². The number of halogens is 1. The third-order valence-corrected chi connectivity index (χ3v) is 6.56. The molecule has 0 fully saturated rings. The molecule has 1 amide bonds. The molecule has 0 bridgehead atoms. The van der Waals surface area contributed by atoms with Crippen LogP contribution < -0.4 is 5.32 Å². The zero-order valence-corrected chi connectivity index (χ0v) is 17.6. The van der Waals surface area contributed by atoms with Gasteiger partial charge in [-0.2, -0.15) is 0 Å². The number of esters is 1. The molecule has 28 heavy (non-hydrogen) atoms. The van der Waals surface area contributed by atoms with Crippen molar-refractivity contribution < 1.29 is 22.7 Å². The second-order valence-corrected chi connectivity index (χ2v) is 9.27. The molecular formula is C19H25ClN2O5S. The molecule has 9 heteroatoms. The second kappa shape index (κ2) is 10.0. The Labute approximate surface area is 170 Å². The van der Waals surface area contributed by atoms with Gasteiger partial charge in [-0.3, -0.25) is 4.79 Å². The van der Waals surface area contributed by atoms with Gasteiger partial charge < -0.3 is 10.1 Å². The van der Waals surface area contributed by atoms with Crippen molar-refractivity contribution in [3.8, 4) is 0 Å². The highest BCUT2D eigenvalue weighted by Crippen LogP contribution is 2.23. The Morgan fingerprint density at radius 2 is 2.00 bits per heavy atom. The van der Waals surface area contributed by atoms with E-state index in [0.717, 1.165) is 29.6 Å². The van der Waals surface area contributed by atoms with E-state index in [1.54, 1.807) is 0 Å². The first-order valence-corrected chi connectivity index (χ1v) is 10.9. The fourth-order valence-electron chi connectivity index (χ4n) is 2.79. The summed E-state index contributed by atoms with van der Waals surface area (Å²) in [5.41, 5.74) is 1.24. The van der Waals surface area contributed by atoms with E-state index in [9.17, 15) is 18.0 Å². The lowest BCUT2D eigenvalue weighted by Gasteiger charge is -2.14. The molecule has 0 spiro atoms.